The number of amides is 1. The van der Waals surface area contributed by atoms with E-state index in [1.807, 2.05) is 24.3 Å². The molecule has 2 aromatic carbocycles. The highest BCUT2D eigenvalue weighted by atomic mass is 16.5. The summed E-state index contributed by atoms with van der Waals surface area (Å²) >= 11 is 0. The first-order chi connectivity index (χ1) is 15.6. The molecule has 0 spiro atoms. The van der Waals surface area contributed by atoms with Gasteiger partial charge in [0.05, 0.1) is 12.8 Å². The fourth-order valence-electron chi connectivity index (χ4n) is 3.95. The molecule has 0 aliphatic carbocycles. The van der Waals surface area contributed by atoms with Gasteiger partial charge in [-0.25, -0.2) is 0 Å². The lowest BCUT2D eigenvalue weighted by Crippen LogP contribution is -2.37. The molecule has 32 heavy (non-hydrogen) atoms. The van der Waals surface area contributed by atoms with E-state index in [0.29, 0.717) is 28.5 Å². The van der Waals surface area contributed by atoms with Crippen LogP contribution in [0.5, 0.6) is 17.2 Å². The minimum Gasteiger partial charge on any atom is -0.493 e. The van der Waals surface area contributed by atoms with Crippen molar-refractivity contribution < 1.29 is 14.3 Å². The minimum absolute atomic E-state index is 0.0945. The molecule has 1 aromatic heterocycles. The zero-order valence-electron chi connectivity index (χ0n) is 18.3. The highest BCUT2D eigenvalue weighted by Crippen LogP contribution is 2.35. The predicted molar refractivity (Wildman–Crippen MR) is 124 cm³/mol. The zero-order valence-corrected chi connectivity index (χ0v) is 18.3. The number of methoxy groups -OCH3 is 1. The lowest BCUT2D eigenvalue weighted by atomic mass is 10.0. The van der Waals surface area contributed by atoms with Crippen molar-refractivity contribution in [2.45, 2.75) is 25.8 Å². The Hall–Kier alpha value is -3.58. The molecule has 7 nitrogen and oxygen atoms in total. The molecular weight excluding hydrogens is 406 g/mol. The molecule has 2 heterocycles. The number of nitrogens with zero attached hydrogens (tertiary/aromatic N) is 1. The molecule has 0 radical (unpaired) electrons. The van der Waals surface area contributed by atoms with Gasteiger partial charge in [0.1, 0.15) is 5.56 Å². The second kappa shape index (κ2) is 9.70. The van der Waals surface area contributed by atoms with Crippen LogP contribution in [0.3, 0.4) is 0 Å². The van der Waals surface area contributed by atoms with Gasteiger partial charge in [0.2, 0.25) is 0 Å². The average Bonchev–Trinajstić information content (AvgIpc) is 2.81. The summed E-state index contributed by atoms with van der Waals surface area (Å²) in [6.45, 7) is 3.50. The molecule has 1 aliphatic heterocycles. The molecule has 0 saturated carbocycles. The SMILES string of the molecule is COc1ccccc1Oc1ccccc1NC(=O)c1c(C)ccn(C2CCNCC2)c1=O. The van der Waals surface area contributed by atoms with Crippen molar-refractivity contribution >= 4 is 11.6 Å². The van der Waals surface area contributed by atoms with Crippen LogP contribution in [0.4, 0.5) is 5.69 Å². The smallest absolute Gasteiger partial charge is 0.263 e. The summed E-state index contributed by atoms with van der Waals surface area (Å²) in [6.07, 6.45) is 3.52. The van der Waals surface area contributed by atoms with Crippen LogP contribution in [-0.2, 0) is 0 Å². The Bertz CT molecular complexity index is 1170. The summed E-state index contributed by atoms with van der Waals surface area (Å²) in [5.41, 5.74) is 0.996. The Morgan fingerprint density at radius 3 is 2.38 bits per heavy atom. The number of aromatic nitrogens is 1. The molecule has 1 amide bonds. The summed E-state index contributed by atoms with van der Waals surface area (Å²) in [4.78, 5) is 26.4. The number of rotatable bonds is 6. The maximum Gasteiger partial charge on any atom is 0.263 e. The Labute approximate surface area is 187 Å². The Morgan fingerprint density at radius 2 is 1.66 bits per heavy atom. The van der Waals surface area contributed by atoms with E-state index >= 15 is 0 Å². The van der Waals surface area contributed by atoms with Gasteiger partial charge in [-0.2, -0.15) is 0 Å². The number of piperidine rings is 1. The van der Waals surface area contributed by atoms with Crippen molar-refractivity contribution in [3.63, 3.8) is 0 Å². The van der Waals surface area contributed by atoms with Crippen LogP contribution < -0.4 is 25.7 Å². The second-order valence-electron chi connectivity index (χ2n) is 7.77. The van der Waals surface area contributed by atoms with Crippen molar-refractivity contribution in [3.8, 4) is 17.2 Å². The standard InChI is InChI=1S/C25H27N3O4/c1-17-13-16-28(18-11-14-26-15-12-18)25(30)23(17)24(29)27-19-7-3-4-8-20(19)32-22-10-6-5-9-21(22)31-2/h3-10,13,16,18,26H,11-12,14-15H2,1-2H3,(H,27,29). The first kappa shape index (κ1) is 21.6. The Kier molecular flexibility index (Phi) is 6.56. The van der Waals surface area contributed by atoms with Gasteiger partial charge in [-0.3, -0.25) is 9.59 Å². The van der Waals surface area contributed by atoms with E-state index in [9.17, 15) is 9.59 Å². The first-order valence-corrected chi connectivity index (χ1v) is 10.7. The summed E-state index contributed by atoms with van der Waals surface area (Å²) in [5, 5.41) is 6.17. The number of pyridine rings is 1. The molecule has 0 unspecified atom stereocenters. The van der Waals surface area contributed by atoms with Crippen LogP contribution >= 0.6 is 0 Å². The number of aryl methyl sites for hydroxylation is 1. The third-order valence-corrected chi connectivity index (χ3v) is 5.68. The number of ether oxygens (including phenoxy) is 2. The molecular formula is C25H27N3O4. The molecule has 1 saturated heterocycles. The number of nitrogens with one attached hydrogen (secondary N) is 2. The van der Waals surface area contributed by atoms with Crippen LogP contribution in [0.25, 0.3) is 0 Å². The van der Waals surface area contributed by atoms with Gasteiger partial charge in [-0.15, -0.1) is 0 Å². The highest BCUT2D eigenvalue weighted by molar-refractivity contribution is 6.05. The molecule has 7 heteroatoms. The van der Waals surface area contributed by atoms with Gasteiger partial charge in [0.25, 0.3) is 11.5 Å². The van der Waals surface area contributed by atoms with Gasteiger partial charge in [0.15, 0.2) is 17.2 Å². The van der Waals surface area contributed by atoms with Crippen molar-refractivity contribution in [2.75, 3.05) is 25.5 Å². The molecule has 0 atom stereocenters. The maximum absolute atomic E-state index is 13.2. The van der Waals surface area contributed by atoms with Gasteiger partial charge < -0.3 is 24.7 Å². The third kappa shape index (κ3) is 4.53. The summed E-state index contributed by atoms with van der Waals surface area (Å²) in [6, 6.07) is 16.3. The van der Waals surface area contributed by atoms with Crippen molar-refractivity contribution in [1.82, 2.24) is 9.88 Å². The Balaban J connectivity index is 1.62. The topological polar surface area (TPSA) is 81.6 Å². The quantitative estimate of drug-likeness (QED) is 0.611. The van der Waals surface area contributed by atoms with Crippen molar-refractivity contribution in [1.29, 1.82) is 0 Å². The Morgan fingerprint density at radius 1 is 1.00 bits per heavy atom. The van der Waals surface area contributed by atoms with E-state index in [0.717, 1.165) is 25.9 Å². The van der Waals surface area contributed by atoms with Crippen LogP contribution in [-0.4, -0.2) is 30.7 Å². The molecule has 2 N–H and O–H groups in total. The molecule has 1 aliphatic rings. The van der Waals surface area contributed by atoms with Crippen LogP contribution in [0.1, 0.15) is 34.8 Å². The van der Waals surface area contributed by atoms with Gasteiger partial charge in [-0.05, 0) is 68.8 Å². The summed E-state index contributed by atoms with van der Waals surface area (Å²) in [7, 11) is 1.57. The largest absolute Gasteiger partial charge is 0.493 e. The number of hydrogen-bond donors (Lipinski definition) is 2. The number of para-hydroxylation sites is 4. The molecule has 166 valence electrons. The summed E-state index contributed by atoms with van der Waals surface area (Å²) in [5.74, 6) is 1.11. The highest BCUT2D eigenvalue weighted by Gasteiger charge is 2.22. The zero-order chi connectivity index (χ0) is 22.5. The molecule has 1 fully saturated rings. The monoisotopic (exact) mass is 433 g/mol. The fraction of sp³-hybridized carbons (Fsp3) is 0.280. The lowest BCUT2D eigenvalue weighted by molar-refractivity contribution is 0.102. The van der Waals surface area contributed by atoms with Crippen LogP contribution in [0, 0.1) is 6.92 Å². The van der Waals surface area contributed by atoms with Gasteiger partial charge in [0, 0.05) is 12.2 Å². The van der Waals surface area contributed by atoms with Crippen LogP contribution in [0.15, 0.2) is 65.6 Å². The third-order valence-electron chi connectivity index (χ3n) is 5.68. The second-order valence-corrected chi connectivity index (χ2v) is 7.77. The number of hydrogen-bond acceptors (Lipinski definition) is 5. The molecule has 3 aromatic rings. The molecule has 0 bridgehead atoms. The van der Waals surface area contributed by atoms with Crippen molar-refractivity contribution in [3.05, 3.63) is 82.3 Å². The van der Waals surface area contributed by atoms with E-state index in [-0.39, 0.29) is 17.2 Å². The molecule has 4 rings (SSSR count). The normalized spacial score (nSPS) is 14.1. The first-order valence-electron chi connectivity index (χ1n) is 10.7. The lowest BCUT2D eigenvalue weighted by Gasteiger charge is -2.25. The van der Waals surface area contributed by atoms with Gasteiger partial charge in [-0.1, -0.05) is 24.3 Å². The van der Waals surface area contributed by atoms with Crippen molar-refractivity contribution in [2.24, 2.45) is 0 Å². The number of carbonyl (C=O) groups excluding carboxylic acids is 1. The van der Waals surface area contributed by atoms with E-state index in [1.54, 1.807) is 55.1 Å². The predicted octanol–water partition coefficient (Wildman–Crippen LogP) is 4.13. The number of carbonyl (C=O) groups is 1. The van der Waals surface area contributed by atoms with Crippen LogP contribution in [0.2, 0.25) is 0 Å². The average molecular weight is 434 g/mol. The van der Waals surface area contributed by atoms with E-state index in [1.165, 1.54) is 0 Å². The number of anilines is 1. The minimum atomic E-state index is -0.452. The fourth-order valence-corrected chi connectivity index (χ4v) is 3.95. The van der Waals surface area contributed by atoms with E-state index < -0.39 is 5.91 Å². The summed E-state index contributed by atoms with van der Waals surface area (Å²) < 4.78 is 13.1. The van der Waals surface area contributed by atoms with E-state index in [4.69, 9.17) is 9.47 Å². The number of benzene rings is 2. The van der Waals surface area contributed by atoms with E-state index in [2.05, 4.69) is 10.6 Å². The maximum atomic E-state index is 13.2. The van der Waals surface area contributed by atoms with Gasteiger partial charge >= 0.3 is 0 Å².